The maximum Gasteiger partial charge on any atom is 0.306 e. The van der Waals surface area contributed by atoms with Crippen LogP contribution < -0.4 is 0 Å². The fraction of sp³-hybridized carbons (Fsp3) is 0.833. The first-order chi connectivity index (χ1) is 4.29. The summed E-state index contributed by atoms with van der Waals surface area (Å²) in [4.78, 5) is 10.2. The van der Waals surface area contributed by atoms with Crippen molar-refractivity contribution in [3.8, 4) is 0 Å². The van der Waals surface area contributed by atoms with Crippen molar-refractivity contribution in [1.82, 2.24) is 0 Å². The van der Waals surface area contributed by atoms with Gasteiger partial charge in [0.2, 0.25) is 0 Å². The van der Waals surface area contributed by atoms with E-state index in [1.165, 1.54) is 0 Å². The zero-order valence-electron chi connectivity index (χ0n) is 5.76. The first-order valence-corrected chi connectivity index (χ1v) is 2.93. The zero-order valence-corrected chi connectivity index (χ0v) is 5.76. The lowest BCUT2D eigenvalue weighted by Crippen LogP contribution is -1.98. The number of carbonyl (C=O) groups is 1. The van der Waals surface area contributed by atoms with Gasteiger partial charge in [-0.05, 0) is 13.3 Å². The molecule has 1 rings (SSSR count). The molecular formula is C6H12O3. The molecule has 1 atom stereocenters. The van der Waals surface area contributed by atoms with Crippen molar-refractivity contribution in [3.63, 3.8) is 0 Å². The average Bonchev–Trinajstić information content (AvgIpc) is 2.20. The summed E-state index contributed by atoms with van der Waals surface area (Å²) < 4.78 is 4.72. The smallest absolute Gasteiger partial charge is 0.306 e. The van der Waals surface area contributed by atoms with Crippen molar-refractivity contribution in [2.45, 2.75) is 25.9 Å². The molecule has 3 heteroatoms. The van der Waals surface area contributed by atoms with E-state index < -0.39 is 0 Å². The van der Waals surface area contributed by atoms with E-state index in [4.69, 9.17) is 9.84 Å². The predicted octanol–water partition coefficient (Wildman–Crippen LogP) is 0.320. The van der Waals surface area contributed by atoms with Crippen LogP contribution in [-0.4, -0.2) is 24.3 Å². The number of ether oxygens (including phenoxy) is 1. The van der Waals surface area contributed by atoms with Gasteiger partial charge in [-0.2, -0.15) is 0 Å². The van der Waals surface area contributed by atoms with E-state index in [0.717, 1.165) is 13.5 Å². The summed E-state index contributed by atoms with van der Waals surface area (Å²) >= 11 is 0. The van der Waals surface area contributed by atoms with Gasteiger partial charge in [-0.25, -0.2) is 0 Å². The summed E-state index contributed by atoms with van der Waals surface area (Å²) in [7, 11) is 1.00. The van der Waals surface area contributed by atoms with Gasteiger partial charge in [-0.3, -0.25) is 4.79 Å². The molecule has 0 aliphatic carbocycles. The van der Waals surface area contributed by atoms with Crippen molar-refractivity contribution in [1.29, 1.82) is 0 Å². The Balaban J connectivity index is 0.000000291. The molecule has 1 N–H and O–H groups in total. The Morgan fingerprint density at radius 1 is 1.67 bits per heavy atom. The molecule has 54 valence electrons. The number of aliphatic hydroxyl groups is 1. The summed E-state index contributed by atoms with van der Waals surface area (Å²) in [6.45, 7) is 1.91. The van der Waals surface area contributed by atoms with Crippen molar-refractivity contribution in [3.05, 3.63) is 0 Å². The molecule has 9 heavy (non-hydrogen) atoms. The van der Waals surface area contributed by atoms with Gasteiger partial charge in [0.05, 0.1) is 6.10 Å². The lowest BCUT2D eigenvalue weighted by atomic mass is 10.3. The van der Waals surface area contributed by atoms with Gasteiger partial charge in [0.15, 0.2) is 0 Å². The first-order valence-electron chi connectivity index (χ1n) is 2.93. The van der Waals surface area contributed by atoms with Gasteiger partial charge >= 0.3 is 5.97 Å². The Morgan fingerprint density at radius 3 is 2.33 bits per heavy atom. The number of hydrogen-bond donors (Lipinski definition) is 1. The molecule has 1 aliphatic rings. The van der Waals surface area contributed by atoms with Gasteiger partial charge in [-0.15, -0.1) is 0 Å². The standard InChI is InChI=1S/C5H8O2.CH4O/c1-4-2-3-5(6)7-4;1-2/h4H,2-3H2,1H3;2H,1H3. The van der Waals surface area contributed by atoms with Crippen LogP contribution in [-0.2, 0) is 9.53 Å². The molecule has 0 amide bonds. The summed E-state index contributed by atoms with van der Waals surface area (Å²) in [6.07, 6.45) is 1.69. The molecule has 0 aromatic rings. The third-order valence-corrected chi connectivity index (χ3v) is 1.09. The van der Waals surface area contributed by atoms with E-state index in [1.54, 1.807) is 0 Å². The third-order valence-electron chi connectivity index (χ3n) is 1.09. The van der Waals surface area contributed by atoms with Crippen molar-refractivity contribution < 1.29 is 14.6 Å². The van der Waals surface area contributed by atoms with Gasteiger partial charge in [0, 0.05) is 13.5 Å². The highest BCUT2D eigenvalue weighted by atomic mass is 16.5. The van der Waals surface area contributed by atoms with Crippen molar-refractivity contribution >= 4 is 5.97 Å². The minimum Gasteiger partial charge on any atom is -0.463 e. The number of aliphatic hydroxyl groups excluding tert-OH is 1. The maximum absolute atomic E-state index is 10.2. The molecule has 0 aromatic heterocycles. The lowest BCUT2D eigenvalue weighted by molar-refractivity contribution is -0.140. The SMILES string of the molecule is CC1CCC(=O)O1.CO. The van der Waals surface area contributed by atoms with Crippen LogP contribution in [0.15, 0.2) is 0 Å². The molecule has 1 aliphatic heterocycles. The monoisotopic (exact) mass is 132 g/mol. The fourth-order valence-corrected chi connectivity index (χ4v) is 0.663. The number of rotatable bonds is 0. The number of carbonyl (C=O) groups excluding carboxylic acids is 1. The highest BCUT2D eigenvalue weighted by Gasteiger charge is 2.17. The Morgan fingerprint density at radius 2 is 2.22 bits per heavy atom. The van der Waals surface area contributed by atoms with Crippen LogP contribution in [0.1, 0.15) is 19.8 Å². The van der Waals surface area contributed by atoms with Gasteiger partial charge in [0.1, 0.15) is 0 Å². The van der Waals surface area contributed by atoms with Crippen LogP contribution in [0, 0.1) is 0 Å². The van der Waals surface area contributed by atoms with Gasteiger partial charge < -0.3 is 9.84 Å². The molecule has 1 heterocycles. The maximum atomic E-state index is 10.2. The van der Waals surface area contributed by atoms with Crippen LogP contribution >= 0.6 is 0 Å². The molecule has 0 bridgehead atoms. The first kappa shape index (κ1) is 8.43. The number of hydrogen-bond acceptors (Lipinski definition) is 3. The van der Waals surface area contributed by atoms with E-state index in [9.17, 15) is 4.79 Å². The molecular weight excluding hydrogens is 120 g/mol. The van der Waals surface area contributed by atoms with E-state index in [1.807, 2.05) is 6.92 Å². The molecule has 1 unspecified atom stereocenters. The molecule has 1 saturated heterocycles. The normalized spacial score (nSPS) is 24.3. The molecule has 1 fully saturated rings. The fourth-order valence-electron chi connectivity index (χ4n) is 0.663. The second-order valence-electron chi connectivity index (χ2n) is 1.84. The molecule has 0 radical (unpaired) electrons. The zero-order chi connectivity index (χ0) is 7.28. The molecule has 0 aromatic carbocycles. The van der Waals surface area contributed by atoms with Crippen LogP contribution in [0.5, 0.6) is 0 Å². The number of cyclic esters (lactones) is 1. The topological polar surface area (TPSA) is 46.5 Å². The third kappa shape index (κ3) is 3.08. The predicted molar refractivity (Wildman–Crippen MR) is 32.9 cm³/mol. The minimum atomic E-state index is -0.0486. The second-order valence-corrected chi connectivity index (χ2v) is 1.84. The van der Waals surface area contributed by atoms with E-state index in [-0.39, 0.29) is 12.1 Å². The largest absolute Gasteiger partial charge is 0.463 e. The van der Waals surface area contributed by atoms with Crippen LogP contribution in [0.2, 0.25) is 0 Å². The van der Waals surface area contributed by atoms with Crippen LogP contribution in [0.3, 0.4) is 0 Å². The molecule has 3 nitrogen and oxygen atoms in total. The van der Waals surface area contributed by atoms with Crippen LogP contribution in [0.25, 0.3) is 0 Å². The van der Waals surface area contributed by atoms with E-state index >= 15 is 0 Å². The Bertz CT molecular complexity index is 90.3. The number of esters is 1. The Kier molecular flexibility index (Phi) is 4.05. The molecule has 0 spiro atoms. The second kappa shape index (κ2) is 4.32. The minimum absolute atomic E-state index is 0.0486. The summed E-state index contributed by atoms with van der Waals surface area (Å²) in [5, 5.41) is 7.00. The van der Waals surface area contributed by atoms with Crippen molar-refractivity contribution in [2.24, 2.45) is 0 Å². The van der Waals surface area contributed by atoms with E-state index in [0.29, 0.717) is 6.42 Å². The lowest BCUT2D eigenvalue weighted by Gasteiger charge is -1.95. The highest BCUT2D eigenvalue weighted by molar-refractivity contribution is 5.71. The summed E-state index contributed by atoms with van der Waals surface area (Å²) in [5.74, 6) is -0.0486. The highest BCUT2D eigenvalue weighted by Crippen LogP contribution is 2.11. The van der Waals surface area contributed by atoms with Crippen LogP contribution in [0.4, 0.5) is 0 Å². The van der Waals surface area contributed by atoms with Crippen molar-refractivity contribution in [2.75, 3.05) is 7.11 Å². The summed E-state index contributed by atoms with van der Waals surface area (Å²) in [6, 6.07) is 0. The van der Waals surface area contributed by atoms with E-state index in [2.05, 4.69) is 0 Å². The Hall–Kier alpha value is -0.570. The average molecular weight is 132 g/mol. The van der Waals surface area contributed by atoms with Gasteiger partial charge in [-0.1, -0.05) is 0 Å². The Labute approximate surface area is 54.6 Å². The summed E-state index contributed by atoms with van der Waals surface area (Å²) in [5.41, 5.74) is 0. The molecule has 0 saturated carbocycles. The van der Waals surface area contributed by atoms with Gasteiger partial charge in [0.25, 0.3) is 0 Å². The quantitative estimate of drug-likeness (QED) is 0.483.